The Hall–Kier alpha value is -1.07. The molecule has 96 valence electrons. The summed E-state index contributed by atoms with van der Waals surface area (Å²) < 4.78 is 1.79. The van der Waals surface area contributed by atoms with Gasteiger partial charge in [-0.15, -0.1) is 0 Å². The van der Waals surface area contributed by atoms with Gasteiger partial charge in [-0.2, -0.15) is 5.10 Å². The highest BCUT2D eigenvalue weighted by molar-refractivity contribution is 6.31. The summed E-state index contributed by atoms with van der Waals surface area (Å²) in [6, 6.07) is 0. The number of halogens is 1. The van der Waals surface area contributed by atoms with Crippen molar-refractivity contribution >= 4 is 17.6 Å². The van der Waals surface area contributed by atoms with Crippen molar-refractivity contribution in [1.82, 2.24) is 15.1 Å². The number of likely N-dealkylation sites (N-methyl/N-ethyl adjacent to an activating group) is 1. The summed E-state index contributed by atoms with van der Waals surface area (Å²) in [6.45, 7) is 4.24. The molecule has 1 unspecified atom stereocenters. The molecule has 0 aliphatic rings. The topological polar surface area (TPSA) is 67.2 Å². The SMILES string of the molecule is CNC(C)(CCCn1ncc(Cl)c1C)C(=O)O. The van der Waals surface area contributed by atoms with Crippen molar-refractivity contribution in [3.05, 3.63) is 16.9 Å². The predicted octanol–water partition coefficient (Wildman–Crippen LogP) is 1.69. The maximum atomic E-state index is 11.1. The number of hydrogen-bond donors (Lipinski definition) is 2. The number of carboxylic acids is 1. The van der Waals surface area contributed by atoms with Crippen molar-refractivity contribution < 1.29 is 9.90 Å². The lowest BCUT2D eigenvalue weighted by molar-refractivity contribution is -0.144. The third-order valence-electron chi connectivity index (χ3n) is 3.11. The summed E-state index contributed by atoms with van der Waals surface area (Å²) in [4.78, 5) is 11.1. The van der Waals surface area contributed by atoms with Crippen molar-refractivity contribution in [1.29, 1.82) is 0 Å². The molecule has 1 aromatic rings. The highest BCUT2D eigenvalue weighted by atomic mass is 35.5. The fourth-order valence-electron chi connectivity index (χ4n) is 1.57. The average Bonchev–Trinajstić information content (AvgIpc) is 2.60. The Labute approximate surface area is 106 Å². The zero-order valence-electron chi connectivity index (χ0n) is 10.3. The van der Waals surface area contributed by atoms with Gasteiger partial charge in [0.15, 0.2) is 0 Å². The van der Waals surface area contributed by atoms with Gasteiger partial charge in [0.1, 0.15) is 5.54 Å². The molecule has 2 N–H and O–H groups in total. The summed E-state index contributed by atoms with van der Waals surface area (Å²) in [7, 11) is 1.66. The van der Waals surface area contributed by atoms with Crippen molar-refractivity contribution in [3.8, 4) is 0 Å². The molecule has 5 nitrogen and oxygen atoms in total. The maximum Gasteiger partial charge on any atom is 0.323 e. The van der Waals surface area contributed by atoms with Gasteiger partial charge in [-0.25, -0.2) is 0 Å². The van der Waals surface area contributed by atoms with E-state index in [-0.39, 0.29) is 0 Å². The first-order valence-corrected chi connectivity index (χ1v) is 5.88. The van der Waals surface area contributed by atoms with E-state index in [4.69, 9.17) is 16.7 Å². The normalized spacial score (nSPS) is 14.6. The lowest BCUT2D eigenvalue weighted by atomic mass is 9.96. The Bertz CT molecular complexity index is 405. The first kappa shape index (κ1) is 14.0. The van der Waals surface area contributed by atoms with Crippen molar-refractivity contribution in [2.75, 3.05) is 7.05 Å². The molecule has 17 heavy (non-hydrogen) atoms. The minimum atomic E-state index is -0.884. The number of nitrogens with zero attached hydrogens (tertiary/aromatic N) is 2. The van der Waals surface area contributed by atoms with Crippen LogP contribution in [-0.2, 0) is 11.3 Å². The number of aromatic nitrogens is 2. The van der Waals surface area contributed by atoms with Gasteiger partial charge in [-0.3, -0.25) is 9.48 Å². The second-order valence-corrected chi connectivity index (χ2v) is 4.70. The molecule has 0 aliphatic heterocycles. The van der Waals surface area contributed by atoms with Gasteiger partial charge in [0.25, 0.3) is 0 Å². The molecule has 0 bridgehead atoms. The second-order valence-electron chi connectivity index (χ2n) is 4.29. The van der Waals surface area contributed by atoms with E-state index in [2.05, 4.69) is 10.4 Å². The average molecular weight is 260 g/mol. The standard InChI is InChI=1S/C11H18ClN3O2/c1-8-9(12)7-14-15(8)6-4-5-11(2,13-3)10(16)17/h7,13H,4-6H2,1-3H3,(H,16,17). The maximum absolute atomic E-state index is 11.1. The van der Waals surface area contributed by atoms with Crippen LogP contribution in [0.3, 0.4) is 0 Å². The van der Waals surface area contributed by atoms with Gasteiger partial charge < -0.3 is 10.4 Å². The smallest absolute Gasteiger partial charge is 0.323 e. The van der Waals surface area contributed by atoms with Crippen LogP contribution in [0.2, 0.25) is 5.02 Å². The van der Waals surface area contributed by atoms with Crippen LogP contribution >= 0.6 is 11.6 Å². The summed E-state index contributed by atoms with van der Waals surface area (Å²) in [5, 5.41) is 16.7. The van der Waals surface area contributed by atoms with Crippen LogP contribution in [0.4, 0.5) is 0 Å². The first-order chi connectivity index (χ1) is 7.90. The van der Waals surface area contributed by atoms with Crippen LogP contribution < -0.4 is 5.32 Å². The van der Waals surface area contributed by atoms with Gasteiger partial charge in [-0.05, 0) is 33.7 Å². The lowest BCUT2D eigenvalue weighted by Gasteiger charge is -2.24. The Kier molecular flexibility index (Phi) is 4.54. The largest absolute Gasteiger partial charge is 0.480 e. The number of aliphatic carboxylic acids is 1. The van der Waals surface area contributed by atoms with Gasteiger partial charge in [0, 0.05) is 6.54 Å². The minimum absolute atomic E-state index is 0.537. The molecule has 0 saturated carbocycles. The predicted molar refractivity (Wildman–Crippen MR) is 66.3 cm³/mol. The highest BCUT2D eigenvalue weighted by Crippen LogP contribution is 2.16. The molecular weight excluding hydrogens is 242 g/mol. The third-order valence-corrected chi connectivity index (χ3v) is 3.48. The Morgan fingerprint density at radius 2 is 2.35 bits per heavy atom. The number of rotatable bonds is 6. The van der Waals surface area contributed by atoms with Crippen LogP contribution in [0, 0.1) is 6.92 Å². The van der Waals surface area contributed by atoms with E-state index in [1.165, 1.54) is 0 Å². The second kappa shape index (κ2) is 5.51. The molecule has 0 amide bonds. The number of hydrogen-bond acceptors (Lipinski definition) is 3. The fraction of sp³-hybridized carbons (Fsp3) is 0.636. The number of nitrogens with one attached hydrogen (secondary N) is 1. The quantitative estimate of drug-likeness (QED) is 0.816. The van der Waals surface area contributed by atoms with E-state index in [1.807, 2.05) is 6.92 Å². The molecular formula is C11H18ClN3O2. The van der Waals surface area contributed by atoms with Gasteiger partial charge >= 0.3 is 5.97 Å². The number of aryl methyl sites for hydroxylation is 1. The molecule has 0 aliphatic carbocycles. The van der Waals surface area contributed by atoms with Crippen LogP contribution in [0.5, 0.6) is 0 Å². The van der Waals surface area contributed by atoms with Crippen LogP contribution in [-0.4, -0.2) is 33.4 Å². The van der Waals surface area contributed by atoms with Gasteiger partial charge in [-0.1, -0.05) is 11.6 Å². The lowest BCUT2D eigenvalue weighted by Crippen LogP contribution is -2.47. The van der Waals surface area contributed by atoms with Gasteiger partial charge in [0.2, 0.25) is 0 Å². The van der Waals surface area contributed by atoms with Crippen molar-refractivity contribution in [3.63, 3.8) is 0 Å². The highest BCUT2D eigenvalue weighted by Gasteiger charge is 2.30. The summed E-state index contributed by atoms with van der Waals surface area (Å²) in [6.07, 6.45) is 2.86. The summed E-state index contributed by atoms with van der Waals surface area (Å²) >= 11 is 5.89. The fourth-order valence-corrected chi connectivity index (χ4v) is 1.71. The van der Waals surface area contributed by atoms with Crippen molar-refractivity contribution in [2.24, 2.45) is 0 Å². The van der Waals surface area contributed by atoms with Crippen LogP contribution in [0.25, 0.3) is 0 Å². The molecule has 0 spiro atoms. The van der Waals surface area contributed by atoms with E-state index < -0.39 is 11.5 Å². The van der Waals surface area contributed by atoms with Crippen molar-refractivity contribution in [2.45, 2.75) is 38.8 Å². The van der Waals surface area contributed by atoms with E-state index in [0.717, 1.165) is 12.1 Å². The Morgan fingerprint density at radius 3 is 2.76 bits per heavy atom. The van der Waals surface area contributed by atoms with E-state index in [1.54, 1.807) is 24.9 Å². The molecule has 1 heterocycles. The zero-order valence-corrected chi connectivity index (χ0v) is 11.1. The van der Waals surface area contributed by atoms with Gasteiger partial charge in [0.05, 0.1) is 16.9 Å². The Morgan fingerprint density at radius 1 is 1.71 bits per heavy atom. The first-order valence-electron chi connectivity index (χ1n) is 5.51. The van der Waals surface area contributed by atoms with Crippen LogP contribution in [0.1, 0.15) is 25.5 Å². The van der Waals surface area contributed by atoms with E-state index >= 15 is 0 Å². The number of carbonyl (C=O) groups is 1. The zero-order chi connectivity index (χ0) is 13.1. The van der Waals surface area contributed by atoms with E-state index in [9.17, 15) is 4.79 Å². The monoisotopic (exact) mass is 259 g/mol. The summed E-state index contributed by atoms with van der Waals surface area (Å²) in [5.41, 5.74) is 0.0263. The van der Waals surface area contributed by atoms with Crippen LogP contribution in [0.15, 0.2) is 6.20 Å². The summed E-state index contributed by atoms with van der Waals surface area (Å²) in [5.74, 6) is -0.838. The molecule has 0 saturated heterocycles. The molecule has 1 rings (SSSR count). The minimum Gasteiger partial charge on any atom is -0.480 e. The molecule has 1 aromatic heterocycles. The molecule has 1 atom stereocenters. The number of carboxylic acid groups (broad SMARTS) is 1. The Balaban J connectivity index is 2.53. The molecule has 0 radical (unpaired) electrons. The third kappa shape index (κ3) is 3.20. The molecule has 0 aromatic carbocycles. The van der Waals surface area contributed by atoms with E-state index in [0.29, 0.717) is 18.0 Å². The molecule has 0 fully saturated rings. The molecule has 6 heteroatoms.